The van der Waals surface area contributed by atoms with Crippen LogP contribution in [0.5, 0.6) is 0 Å². The molecule has 0 amide bonds. The first-order chi connectivity index (χ1) is 32.0. The Bertz CT molecular complexity index is 1310. The van der Waals surface area contributed by atoms with Crippen molar-refractivity contribution in [2.75, 3.05) is 13.2 Å². The van der Waals surface area contributed by atoms with Gasteiger partial charge in [-0.1, -0.05) is 201 Å². The lowest BCUT2D eigenvalue weighted by Gasteiger charge is -2.18. The molecule has 370 valence electrons. The van der Waals surface area contributed by atoms with Crippen molar-refractivity contribution in [1.82, 2.24) is 0 Å². The van der Waals surface area contributed by atoms with Gasteiger partial charge in [-0.05, 0) is 116 Å². The number of carbonyl (C=O) groups is 3. The molecule has 0 radical (unpaired) electrons. The molecule has 0 fully saturated rings. The molecule has 0 bridgehead atoms. The summed E-state index contributed by atoms with van der Waals surface area (Å²) in [6.07, 6.45) is 69.6. The van der Waals surface area contributed by atoms with Crippen LogP contribution < -0.4 is 0 Å². The highest BCUT2D eigenvalue weighted by Gasteiger charge is 2.19. The van der Waals surface area contributed by atoms with Crippen molar-refractivity contribution >= 4 is 17.9 Å². The standard InChI is InChI=1S/C59H98O6/c1-4-7-10-13-16-19-22-25-28-30-32-34-37-40-43-46-49-52-58(61)64-55-56(54-63-57(60)51-48-45-42-39-36-33-27-24-21-18-15-12-9-6-3)65-59(62)53-50-47-44-41-38-35-31-29-26-23-20-17-14-11-8-5-2/h7,10,16,19-20,23-25,27-29,31-32,34,40,43,56H,4-6,8-9,11-15,17-18,21-22,26,30,33,35-39,41-42,44-55H2,1-3H3/b10-7-,19-16-,23-20-,27-24-,28-25-,31-29-,34-32-,43-40-. The zero-order chi connectivity index (χ0) is 47.2. The average molecular weight is 903 g/mol. The van der Waals surface area contributed by atoms with E-state index in [0.717, 1.165) is 116 Å². The van der Waals surface area contributed by atoms with E-state index in [-0.39, 0.29) is 37.5 Å². The lowest BCUT2D eigenvalue weighted by Crippen LogP contribution is -2.30. The lowest BCUT2D eigenvalue weighted by atomic mass is 10.1. The summed E-state index contributed by atoms with van der Waals surface area (Å²) in [5.74, 6) is -0.990. The molecular formula is C59H98O6. The minimum absolute atomic E-state index is 0.106. The number of unbranched alkanes of at least 4 members (excludes halogenated alkanes) is 20. The predicted molar refractivity (Wildman–Crippen MR) is 279 cm³/mol. The first-order valence-corrected chi connectivity index (χ1v) is 26.7. The van der Waals surface area contributed by atoms with Gasteiger partial charge in [-0.2, -0.15) is 0 Å². The summed E-state index contributed by atoms with van der Waals surface area (Å²) in [5.41, 5.74) is 0. The van der Waals surface area contributed by atoms with Gasteiger partial charge in [0.2, 0.25) is 0 Å². The Morgan fingerprint density at radius 3 is 1.03 bits per heavy atom. The number of rotatable bonds is 47. The van der Waals surface area contributed by atoms with Crippen LogP contribution in [0.4, 0.5) is 0 Å². The molecule has 1 unspecified atom stereocenters. The molecule has 0 aromatic carbocycles. The van der Waals surface area contributed by atoms with E-state index in [1.807, 2.05) is 0 Å². The zero-order valence-electron chi connectivity index (χ0n) is 42.2. The molecule has 0 aliphatic carbocycles. The second-order valence-electron chi connectivity index (χ2n) is 17.4. The Morgan fingerprint density at radius 1 is 0.323 bits per heavy atom. The Hall–Kier alpha value is -3.67. The van der Waals surface area contributed by atoms with Gasteiger partial charge in [0.1, 0.15) is 13.2 Å². The summed E-state index contributed by atoms with van der Waals surface area (Å²) >= 11 is 0. The van der Waals surface area contributed by atoms with Gasteiger partial charge in [0, 0.05) is 19.3 Å². The minimum atomic E-state index is -0.812. The Labute approximate surface area is 400 Å². The van der Waals surface area contributed by atoms with E-state index in [0.29, 0.717) is 19.3 Å². The van der Waals surface area contributed by atoms with Gasteiger partial charge < -0.3 is 14.2 Å². The third-order valence-corrected chi connectivity index (χ3v) is 11.0. The van der Waals surface area contributed by atoms with Crippen LogP contribution in [0, 0.1) is 0 Å². The Morgan fingerprint density at radius 2 is 0.615 bits per heavy atom. The molecule has 0 aliphatic heterocycles. The molecule has 6 nitrogen and oxygen atoms in total. The zero-order valence-corrected chi connectivity index (χ0v) is 42.2. The number of ether oxygens (including phenoxy) is 3. The van der Waals surface area contributed by atoms with Gasteiger partial charge in [-0.25, -0.2) is 0 Å². The van der Waals surface area contributed by atoms with Gasteiger partial charge >= 0.3 is 17.9 Å². The van der Waals surface area contributed by atoms with Gasteiger partial charge in [-0.3, -0.25) is 14.4 Å². The van der Waals surface area contributed by atoms with Crippen molar-refractivity contribution < 1.29 is 28.6 Å². The van der Waals surface area contributed by atoms with Gasteiger partial charge in [0.05, 0.1) is 0 Å². The number of hydrogen-bond donors (Lipinski definition) is 0. The van der Waals surface area contributed by atoms with Crippen molar-refractivity contribution in [1.29, 1.82) is 0 Å². The maximum absolute atomic E-state index is 12.8. The first-order valence-electron chi connectivity index (χ1n) is 26.7. The summed E-state index contributed by atoms with van der Waals surface area (Å²) in [6, 6.07) is 0. The second-order valence-corrected chi connectivity index (χ2v) is 17.4. The quantitative estimate of drug-likeness (QED) is 0.0262. The highest BCUT2D eigenvalue weighted by atomic mass is 16.6. The van der Waals surface area contributed by atoms with Crippen molar-refractivity contribution in [2.45, 2.75) is 245 Å². The van der Waals surface area contributed by atoms with E-state index in [4.69, 9.17) is 14.2 Å². The lowest BCUT2D eigenvalue weighted by molar-refractivity contribution is -0.167. The minimum Gasteiger partial charge on any atom is -0.462 e. The molecule has 0 spiro atoms. The van der Waals surface area contributed by atoms with Crippen LogP contribution in [0.25, 0.3) is 0 Å². The molecule has 0 aromatic rings. The average Bonchev–Trinajstić information content (AvgIpc) is 3.30. The molecule has 0 aliphatic rings. The molecule has 0 N–H and O–H groups in total. The molecule has 0 heterocycles. The molecule has 6 heteroatoms. The molecular weight excluding hydrogens is 805 g/mol. The third kappa shape index (κ3) is 51.2. The summed E-state index contributed by atoms with van der Waals surface area (Å²) < 4.78 is 16.8. The largest absolute Gasteiger partial charge is 0.462 e. The summed E-state index contributed by atoms with van der Waals surface area (Å²) in [6.45, 7) is 6.42. The van der Waals surface area contributed by atoms with Crippen LogP contribution >= 0.6 is 0 Å². The Kier molecular flexibility index (Phi) is 50.0. The van der Waals surface area contributed by atoms with Crippen molar-refractivity contribution in [3.8, 4) is 0 Å². The highest BCUT2D eigenvalue weighted by molar-refractivity contribution is 5.71. The van der Waals surface area contributed by atoms with Gasteiger partial charge in [0.15, 0.2) is 6.10 Å². The first kappa shape index (κ1) is 61.3. The fourth-order valence-electron chi connectivity index (χ4n) is 7.03. The number of esters is 3. The normalized spacial score (nSPS) is 12.8. The van der Waals surface area contributed by atoms with E-state index in [1.54, 1.807) is 0 Å². The topological polar surface area (TPSA) is 78.9 Å². The number of carbonyl (C=O) groups excluding carboxylic acids is 3. The summed E-state index contributed by atoms with van der Waals surface area (Å²) in [7, 11) is 0. The SMILES string of the molecule is CC/C=C\C/C=C\C/C=C\C/C=C\C/C=C\CCCC(=O)OCC(COC(=O)CCCCCCC/C=C\CCCCCCC)OC(=O)CCCCCCC/C=C\C/C=C\CCCCCC. The van der Waals surface area contributed by atoms with Crippen LogP contribution in [0.2, 0.25) is 0 Å². The maximum Gasteiger partial charge on any atom is 0.306 e. The van der Waals surface area contributed by atoms with E-state index < -0.39 is 6.10 Å². The van der Waals surface area contributed by atoms with E-state index >= 15 is 0 Å². The summed E-state index contributed by atoms with van der Waals surface area (Å²) in [5, 5.41) is 0. The highest BCUT2D eigenvalue weighted by Crippen LogP contribution is 2.13. The molecule has 0 aromatic heterocycles. The van der Waals surface area contributed by atoms with Crippen LogP contribution in [0.1, 0.15) is 239 Å². The second kappa shape index (κ2) is 52.9. The maximum atomic E-state index is 12.8. The predicted octanol–water partition coefficient (Wildman–Crippen LogP) is 17.8. The van der Waals surface area contributed by atoms with Gasteiger partial charge in [0.25, 0.3) is 0 Å². The fraction of sp³-hybridized carbons (Fsp3) is 0.678. The summed E-state index contributed by atoms with van der Waals surface area (Å²) in [4.78, 5) is 38.0. The molecule has 65 heavy (non-hydrogen) atoms. The van der Waals surface area contributed by atoms with E-state index in [2.05, 4.69) is 118 Å². The van der Waals surface area contributed by atoms with Crippen LogP contribution in [-0.2, 0) is 28.6 Å². The van der Waals surface area contributed by atoms with Crippen molar-refractivity contribution in [3.05, 3.63) is 97.2 Å². The van der Waals surface area contributed by atoms with Crippen molar-refractivity contribution in [3.63, 3.8) is 0 Å². The van der Waals surface area contributed by atoms with Crippen LogP contribution in [0.15, 0.2) is 97.2 Å². The molecule has 1 atom stereocenters. The Balaban J connectivity index is 4.52. The number of allylic oxidation sites excluding steroid dienone is 16. The molecule has 0 rings (SSSR count). The number of hydrogen-bond acceptors (Lipinski definition) is 6. The van der Waals surface area contributed by atoms with E-state index in [1.165, 1.54) is 77.0 Å². The van der Waals surface area contributed by atoms with Gasteiger partial charge in [-0.15, -0.1) is 0 Å². The monoisotopic (exact) mass is 903 g/mol. The third-order valence-electron chi connectivity index (χ3n) is 11.0. The van der Waals surface area contributed by atoms with Crippen molar-refractivity contribution in [2.24, 2.45) is 0 Å². The van der Waals surface area contributed by atoms with Crippen LogP contribution in [0.3, 0.4) is 0 Å². The molecule has 0 saturated heterocycles. The van der Waals surface area contributed by atoms with E-state index in [9.17, 15) is 14.4 Å². The smallest absolute Gasteiger partial charge is 0.306 e. The molecule has 0 saturated carbocycles. The van der Waals surface area contributed by atoms with Crippen LogP contribution in [-0.4, -0.2) is 37.2 Å². The fourth-order valence-corrected chi connectivity index (χ4v) is 7.03.